The molecule has 2 aromatic rings. The minimum Gasteiger partial charge on any atom is -0.485 e. The second-order valence-corrected chi connectivity index (χ2v) is 6.96. The molecule has 0 radical (unpaired) electrons. The van der Waals surface area contributed by atoms with Gasteiger partial charge in [0.2, 0.25) is 0 Å². The first-order chi connectivity index (χ1) is 10.1. The van der Waals surface area contributed by atoms with Gasteiger partial charge in [-0.15, -0.1) is 11.3 Å². The average molecular weight is 305 g/mol. The van der Waals surface area contributed by atoms with Gasteiger partial charge in [0.25, 0.3) is 0 Å². The third kappa shape index (κ3) is 2.83. The molecule has 1 aliphatic rings. The van der Waals surface area contributed by atoms with E-state index in [9.17, 15) is 4.39 Å². The van der Waals surface area contributed by atoms with Crippen LogP contribution in [0, 0.1) is 19.7 Å². The molecule has 0 aliphatic carbocycles. The number of hydrogen-bond acceptors (Lipinski definition) is 3. The van der Waals surface area contributed by atoms with Crippen LogP contribution in [-0.4, -0.2) is 6.54 Å². The molecule has 1 aliphatic heterocycles. The highest BCUT2D eigenvalue weighted by molar-refractivity contribution is 7.12. The van der Waals surface area contributed by atoms with Crippen molar-refractivity contribution in [2.24, 2.45) is 0 Å². The lowest BCUT2D eigenvalue weighted by molar-refractivity contribution is 0.151. The summed E-state index contributed by atoms with van der Waals surface area (Å²) < 4.78 is 19.6. The summed E-state index contributed by atoms with van der Waals surface area (Å²) in [5, 5.41) is 3.49. The highest BCUT2D eigenvalue weighted by Gasteiger charge is 2.30. The first-order valence-electron chi connectivity index (χ1n) is 7.35. The van der Waals surface area contributed by atoms with Crippen LogP contribution in [-0.2, 0) is 0 Å². The van der Waals surface area contributed by atoms with E-state index in [0.717, 1.165) is 18.5 Å². The lowest BCUT2D eigenvalue weighted by atomic mass is 9.93. The van der Waals surface area contributed by atoms with Crippen molar-refractivity contribution in [3.8, 4) is 5.75 Å². The van der Waals surface area contributed by atoms with E-state index in [1.165, 1.54) is 27.5 Å². The maximum atomic E-state index is 13.5. The molecule has 0 bridgehead atoms. The first-order valence-corrected chi connectivity index (χ1v) is 8.16. The predicted octanol–water partition coefficient (Wildman–Crippen LogP) is 4.68. The second-order valence-electron chi connectivity index (χ2n) is 5.50. The Morgan fingerprint density at radius 2 is 2.10 bits per heavy atom. The van der Waals surface area contributed by atoms with Crippen molar-refractivity contribution in [1.82, 2.24) is 5.32 Å². The molecule has 0 saturated carbocycles. The molecule has 1 aromatic heterocycles. The van der Waals surface area contributed by atoms with E-state index >= 15 is 0 Å². The molecule has 0 spiro atoms. The van der Waals surface area contributed by atoms with Gasteiger partial charge in [0.15, 0.2) is 0 Å². The highest BCUT2D eigenvalue weighted by atomic mass is 32.1. The molecule has 0 fully saturated rings. The Labute approximate surface area is 129 Å². The van der Waals surface area contributed by atoms with Crippen LogP contribution in [0.2, 0.25) is 0 Å². The van der Waals surface area contributed by atoms with Crippen LogP contribution < -0.4 is 10.1 Å². The molecular formula is C17H20FNOS. The lowest BCUT2D eigenvalue weighted by Gasteiger charge is -2.33. The van der Waals surface area contributed by atoms with Gasteiger partial charge in [-0.1, -0.05) is 13.0 Å². The van der Waals surface area contributed by atoms with Crippen molar-refractivity contribution in [3.05, 3.63) is 51.0 Å². The summed E-state index contributed by atoms with van der Waals surface area (Å²) in [5.41, 5.74) is 2.29. The summed E-state index contributed by atoms with van der Waals surface area (Å²) in [4.78, 5) is 2.57. The Balaban J connectivity index is 1.98. The van der Waals surface area contributed by atoms with Crippen LogP contribution in [0.15, 0.2) is 24.3 Å². The number of aryl methyl sites for hydroxylation is 2. The van der Waals surface area contributed by atoms with Crippen LogP contribution in [0.1, 0.15) is 46.4 Å². The molecule has 4 heteroatoms. The normalized spacial score (nSPS) is 21.0. The molecule has 1 N–H and O–H groups in total. The van der Waals surface area contributed by atoms with Crippen molar-refractivity contribution in [1.29, 1.82) is 0 Å². The Morgan fingerprint density at radius 3 is 2.76 bits per heavy atom. The molecule has 0 amide bonds. The van der Waals surface area contributed by atoms with Gasteiger partial charge in [-0.25, -0.2) is 4.39 Å². The molecule has 2 atom stereocenters. The SMILES string of the molecule is CCNC1CC(c2cc(C)sc2C)Oc2cc(F)ccc21. The number of benzene rings is 1. The maximum Gasteiger partial charge on any atom is 0.127 e. The molecule has 2 nitrogen and oxygen atoms in total. The van der Waals surface area contributed by atoms with E-state index in [1.807, 2.05) is 6.07 Å². The van der Waals surface area contributed by atoms with E-state index in [0.29, 0.717) is 5.75 Å². The van der Waals surface area contributed by atoms with Crippen molar-refractivity contribution in [2.75, 3.05) is 6.54 Å². The van der Waals surface area contributed by atoms with Crippen LogP contribution in [0.3, 0.4) is 0 Å². The number of ether oxygens (including phenoxy) is 1. The minimum absolute atomic E-state index is 0.00620. The minimum atomic E-state index is -0.247. The molecular weight excluding hydrogens is 285 g/mol. The molecule has 2 heterocycles. The fraction of sp³-hybridized carbons (Fsp3) is 0.412. The largest absolute Gasteiger partial charge is 0.485 e. The monoisotopic (exact) mass is 305 g/mol. The molecule has 21 heavy (non-hydrogen) atoms. The number of rotatable bonds is 3. The van der Waals surface area contributed by atoms with Gasteiger partial charge in [-0.2, -0.15) is 0 Å². The molecule has 1 aromatic carbocycles. The fourth-order valence-electron chi connectivity index (χ4n) is 3.04. The van der Waals surface area contributed by atoms with Crippen LogP contribution in [0.5, 0.6) is 5.75 Å². The average Bonchev–Trinajstić information content (AvgIpc) is 2.77. The Morgan fingerprint density at radius 1 is 1.29 bits per heavy atom. The smallest absolute Gasteiger partial charge is 0.127 e. The Kier molecular flexibility index (Phi) is 4.00. The van der Waals surface area contributed by atoms with Crippen LogP contribution in [0.25, 0.3) is 0 Å². The van der Waals surface area contributed by atoms with Crippen molar-refractivity contribution in [2.45, 2.75) is 39.3 Å². The van der Waals surface area contributed by atoms with Gasteiger partial charge in [0.05, 0.1) is 0 Å². The Hall–Kier alpha value is -1.39. The van der Waals surface area contributed by atoms with E-state index in [4.69, 9.17) is 4.74 Å². The van der Waals surface area contributed by atoms with Crippen molar-refractivity contribution in [3.63, 3.8) is 0 Å². The quantitative estimate of drug-likeness (QED) is 0.889. The number of hydrogen-bond donors (Lipinski definition) is 1. The summed E-state index contributed by atoms with van der Waals surface area (Å²) in [7, 11) is 0. The third-order valence-electron chi connectivity index (χ3n) is 3.95. The van der Waals surface area contributed by atoms with Gasteiger partial charge in [-0.3, -0.25) is 0 Å². The standard InChI is InChI=1S/C17H20FNOS/c1-4-19-15-9-17(14-7-10(2)21-11(14)3)20-16-8-12(18)5-6-13(15)16/h5-8,15,17,19H,4,9H2,1-3H3. The summed E-state index contributed by atoms with van der Waals surface area (Å²) >= 11 is 1.79. The molecule has 2 unspecified atom stereocenters. The summed E-state index contributed by atoms with van der Waals surface area (Å²) in [6.45, 7) is 7.21. The van der Waals surface area contributed by atoms with Gasteiger partial charge in [-0.05, 0) is 32.5 Å². The van der Waals surface area contributed by atoms with E-state index in [2.05, 4.69) is 32.2 Å². The molecule has 3 rings (SSSR count). The van der Waals surface area contributed by atoms with Crippen LogP contribution in [0.4, 0.5) is 4.39 Å². The Bertz CT molecular complexity index is 652. The van der Waals surface area contributed by atoms with E-state index in [-0.39, 0.29) is 18.0 Å². The number of halogens is 1. The third-order valence-corrected chi connectivity index (χ3v) is 4.93. The van der Waals surface area contributed by atoms with Gasteiger partial charge in [0, 0.05) is 39.4 Å². The zero-order valence-corrected chi connectivity index (χ0v) is 13.4. The predicted molar refractivity (Wildman–Crippen MR) is 84.6 cm³/mol. The molecule has 112 valence electrons. The van der Waals surface area contributed by atoms with Crippen LogP contribution >= 0.6 is 11.3 Å². The zero-order valence-electron chi connectivity index (χ0n) is 12.6. The van der Waals surface area contributed by atoms with Gasteiger partial charge < -0.3 is 10.1 Å². The second kappa shape index (κ2) is 5.78. The topological polar surface area (TPSA) is 21.3 Å². The van der Waals surface area contributed by atoms with E-state index < -0.39 is 0 Å². The number of fused-ring (bicyclic) bond motifs is 1. The highest BCUT2D eigenvalue weighted by Crippen LogP contribution is 2.43. The summed E-state index contributed by atoms with van der Waals surface area (Å²) in [5.74, 6) is 0.420. The number of thiophene rings is 1. The van der Waals surface area contributed by atoms with Crippen molar-refractivity contribution < 1.29 is 9.13 Å². The first kappa shape index (κ1) is 14.5. The summed E-state index contributed by atoms with van der Waals surface area (Å²) in [6.07, 6.45) is 0.872. The van der Waals surface area contributed by atoms with Gasteiger partial charge >= 0.3 is 0 Å². The van der Waals surface area contributed by atoms with E-state index in [1.54, 1.807) is 11.3 Å². The number of nitrogens with one attached hydrogen (secondary N) is 1. The fourth-order valence-corrected chi connectivity index (χ4v) is 4.02. The zero-order chi connectivity index (χ0) is 15.0. The maximum absolute atomic E-state index is 13.5. The lowest BCUT2D eigenvalue weighted by Crippen LogP contribution is -2.29. The summed E-state index contributed by atoms with van der Waals surface area (Å²) in [6, 6.07) is 7.24. The molecule has 0 saturated heterocycles. The van der Waals surface area contributed by atoms with Crippen molar-refractivity contribution >= 4 is 11.3 Å². The van der Waals surface area contributed by atoms with Gasteiger partial charge in [0.1, 0.15) is 17.7 Å².